The fraction of sp³-hybridized carbons (Fsp3) is 0. The molecule has 12 heavy (non-hydrogen) atoms. The maximum absolute atomic E-state index is 8.74. The quantitative estimate of drug-likeness (QED) is 0.132. The molecular formula is CH10N2O4PbS3Tl. The van der Waals surface area contributed by atoms with Crippen LogP contribution in [0.1, 0.15) is 0 Å². The zero-order chi connectivity index (χ0) is 8.08. The van der Waals surface area contributed by atoms with E-state index in [-0.39, 0.29) is 73.2 Å². The fourth-order valence-corrected chi connectivity index (χ4v) is 0. The monoisotopic (exact) mass is 623 g/mol. The van der Waals surface area contributed by atoms with E-state index in [1.807, 2.05) is 0 Å². The molecule has 11 heteroatoms. The summed E-state index contributed by atoms with van der Waals surface area (Å²) < 4.78 is 31.6. The van der Waals surface area contributed by atoms with Crippen LogP contribution in [-0.4, -0.2) is 77.2 Å². The van der Waals surface area contributed by atoms with Crippen molar-refractivity contribution in [2.75, 3.05) is 0 Å². The third-order valence-corrected chi connectivity index (χ3v) is 0. The predicted octanol–water partition coefficient (Wildman–Crippen LogP) is -2.65. The second-order valence-corrected chi connectivity index (χ2v) is 2.22. The second kappa shape index (κ2) is 15.2. The van der Waals surface area contributed by atoms with Crippen LogP contribution in [0.15, 0.2) is 0 Å². The zero-order valence-electron chi connectivity index (χ0n) is 5.97. The molecule has 0 saturated heterocycles. The van der Waals surface area contributed by atoms with Crippen LogP contribution in [0.3, 0.4) is 0 Å². The van der Waals surface area contributed by atoms with Gasteiger partial charge in [0.1, 0.15) is 0 Å². The second-order valence-electron chi connectivity index (χ2n) is 0.850. The summed E-state index contributed by atoms with van der Waals surface area (Å²) >= 11 is 4.09. The first-order valence-corrected chi connectivity index (χ1v) is 3.29. The maximum atomic E-state index is 8.74. The van der Waals surface area contributed by atoms with Gasteiger partial charge in [-0.15, -0.1) is 0 Å². The standard InChI is InChI=1S/CH4N2S.H2O4S.Pb.H2S.Tl.2H/c2-1(3)4;1-5(2,3)4;;;;;/h(H4,2,3,4);(H2,1,2,3,4);;1H2;;;. The largest absolute Gasteiger partial charge is 0 e. The zero-order valence-corrected chi connectivity index (χ0v) is 18.6. The van der Waals surface area contributed by atoms with Crippen molar-refractivity contribution in [3.63, 3.8) is 0 Å². The van der Waals surface area contributed by atoms with E-state index in [1.54, 1.807) is 0 Å². The molecule has 0 fully saturated rings. The smallest absolute Gasteiger partial charge is 0 e. The van der Waals surface area contributed by atoms with Gasteiger partial charge >= 0.3 is 37.7 Å². The first-order chi connectivity index (χ1) is 3.73. The molecule has 0 heterocycles. The molecule has 6 N–H and O–H groups in total. The molecule has 0 spiro atoms. The predicted molar refractivity (Wildman–Crippen MR) is 59.8 cm³/mol. The van der Waals surface area contributed by atoms with Gasteiger partial charge in [0.15, 0.2) is 5.11 Å². The molecule has 0 atom stereocenters. The summed E-state index contributed by atoms with van der Waals surface area (Å²) in [6.45, 7) is 0. The summed E-state index contributed by atoms with van der Waals surface area (Å²) in [5.41, 5.74) is 9.24. The van der Waals surface area contributed by atoms with Crippen LogP contribution in [0.2, 0.25) is 0 Å². The normalized spacial score (nSPS) is 6.83. The van der Waals surface area contributed by atoms with Crippen molar-refractivity contribution in [2.45, 2.75) is 0 Å². The minimum Gasteiger partial charge on any atom is 0 e. The number of thiocarbonyl (C=S) groups is 1. The first kappa shape index (κ1) is 29.2. The van der Waals surface area contributed by atoms with E-state index in [0.717, 1.165) is 0 Å². The molecule has 0 unspecified atom stereocenters. The van der Waals surface area contributed by atoms with Gasteiger partial charge in [0, 0.05) is 27.3 Å². The summed E-state index contributed by atoms with van der Waals surface area (Å²) in [4.78, 5) is 0. The van der Waals surface area contributed by atoms with E-state index in [2.05, 4.69) is 23.7 Å². The molecular weight excluding hydrogens is 612 g/mol. The third kappa shape index (κ3) is 442. The minimum absolute atomic E-state index is 0. The van der Waals surface area contributed by atoms with Crippen molar-refractivity contribution in [1.29, 1.82) is 0 Å². The molecule has 0 aliphatic carbocycles. The van der Waals surface area contributed by atoms with Crippen molar-refractivity contribution in [2.24, 2.45) is 11.5 Å². The van der Waals surface area contributed by atoms with E-state index in [4.69, 9.17) is 17.5 Å². The molecule has 6 nitrogen and oxygen atoms in total. The summed E-state index contributed by atoms with van der Waals surface area (Å²) in [6, 6.07) is 0. The van der Waals surface area contributed by atoms with E-state index in [9.17, 15) is 0 Å². The molecule has 0 aromatic heterocycles. The molecule has 0 aromatic carbocycles. The Hall–Kier alpha value is 1.75. The fourth-order valence-electron chi connectivity index (χ4n) is 0. The molecule has 0 saturated carbocycles. The Balaban J connectivity index is -0.0000000221. The molecule has 0 rings (SSSR count). The Morgan fingerprint density at radius 1 is 1.25 bits per heavy atom. The Labute approximate surface area is 123 Å². The van der Waals surface area contributed by atoms with Gasteiger partial charge in [0.05, 0.1) is 0 Å². The molecule has 0 aromatic rings. The van der Waals surface area contributed by atoms with Crippen LogP contribution in [0.25, 0.3) is 0 Å². The molecule has 0 amide bonds. The SMILES string of the molecule is NC(N)=S.O=S(=O)(O)O.S.[PbH2].[Tl]. The van der Waals surface area contributed by atoms with Crippen LogP contribution < -0.4 is 11.5 Å². The maximum Gasteiger partial charge on any atom is 0 e. The van der Waals surface area contributed by atoms with Gasteiger partial charge in [-0.3, -0.25) is 9.11 Å². The Morgan fingerprint density at radius 3 is 1.25 bits per heavy atom. The van der Waals surface area contributed by atoms with Crippen molar-refractivity contribution in [3.8, 4) is 0 Å². The summed E-state index contributed by atoms with van der Waals surface area (Å²) in [5.74, 6) is 0. The molecule has 0 aliphatic heterocycles. The summed E-state index contributed by atoms with van der Waals surface area (Å²) in [5, 5.41) is 0.000000000000000222. The van der Waals surface area contributed by atoms with E-state index < -0.39 is 10.4 Å². The van der Waals surface area contributed by atoms with Crippen LogP contribution in [0, 0.1) is 0 Å². The first-order valence-electron chi connectivity index (χ1n) is 1.48. The van der Waals surface area contributed by atoms with Gasteiger partial charge in [0.2, 0.25) is 0 Å². The summed E-state index contributed by atoms with van der Waals surface area (Å²) in [7, 11) is -4.67. The van der Waals surface area contributed by atoms with E-state index in [0.29, 0.717) is 0 Å². The molecule has 3 radical (unpaired) electrons. The average Bonchev–Trinajstić information content (AvgIpc) is 1.19. The Bertz CT molecular complexity index is 171. The Kier molecular flexibility index (Phi) is 37.1. The molecule has 73 valence electrons. The van der Waals surface area contributed by atoms with Crippen molar-refractivity contribution < 1.29 is 17.5 Å². The van der Waals surface area contributed by atoms with Gasteiger partial charge in [-0.2, -0.15) is 21.9 Å². The topological polar surface area (TPSA) is 127 Å². The van der Waals surface area contributed by atoms with Crippen LogP contribution in [0.4, 0.5) is 0 Å². The minimum atomic E-state index is -4.67. The number of hydrogen-bond donors (Lipinski definition) is 4. The number of nitrogens with two attached hydrogens (primary N) is 2. The van der Waals surface area contributed by atoms with E-state index >= 15 is 0 Å². The summed E-state index contributed by atoms with van der Waals surface area (Å²) in [6.07, 6.45) is 0. The van der Waals surface area contributed by atoms with Gasteiger partial charge in [0.25, 0.3) is 0 Å². The van der Waals surface area contributed by atoms with Gasteiger partial charge in [-0.25, -0.2) is 0 Å². The van der Waals surface area contributed by atoms with Gasteiger partial charge in [-0.05, 0) is 12.2 Å². The van der Waals surface area contributed by atoms with Crippen LogP contribution >= 0.6 is 25.7 Å². The number of hydrogen-bond acceptors (Lipinski definition) is 3. The Morgan fingerprint density at radius 2 is 1.25 bits per heavy atom. The molecule has 0 aliphatic rings. The average molecular weight is 622 g/mol. The van der Waals surface area contributed by atoms with Crippen LogP contribution in [0.5, 0.6) is 0 Å². The molecule has 0 bridgehead atoms. The number of rotatable bonds is 0. The van der Waals surface area contributed by atoms with Gasteiger partial charge < -0.3 is 11.5 Å². The van der Waals surface area contributed by atoms with Crippen molar-refractivity contribution in [3.05, 3.63) is 0 Å². The van der Waals surface area contributed by atoms with Crippen molar-refractivity contribution >= 4 is 95.8 Å². The van der Waals surface area contributed by atoms with E-state index in [1.165, 1.54) is 0 Å². The van der Waals surface area contributed by atoms with Gasteiger partial charge in [-0.1, -0.05) is 0 Å². The van der Waals surface area contributed by atoms with Crippen LogP contribution in [-0.2, 0) is 10.4 Å². The third-order valence-electron chi connectivity index (χ3n) is 0. The van der Waals surface area contributed by atoms with Crippen molar-refractivity contribution in [1.82, 2.24) is 0 Å².